The van der Waals surface area contributed by atoms with E-state index in [1.165, 1.54) is 72.8 Å². The third-order valence-electron chi connectivity index (χ3n) is 5.38. The smallest absolute Gasteiger partial charge is 0.406 e. The summed E-state index contributed by atoms with van der Waals surface area (Å²) in [5.74, 6) is 1.03. The van der Waals surface area contributed by atoms with E-state index in [9.17, 15) is 13.2 Å². The Balaban J connectivity index is 1.88. The SMILES string of the molecule is Nc1ccc(C(c2ccc(N)cc2)(c2ccc(Oc3ccccc3)cc2)C(F)(F)F)cc1. The van der Waals surface area contributed by atoms with Crippen molar-refractivity contribution >= 4 is 11.4 Å². The molecule has 162 valence electrons. The average Bonchev–Trinajstić information content (AvgIpc) is 2.77. The molecule has 0 aliphatic carbocycles. The Kier molecular flexibility index (Phi) is 5.53. The quantitative estimate of drug-likeness (QED) is 0.277. The number of halogens is 3. The van der Waals surface area contributed by atoms with Crippen LogP contribution in [0.15, 0.2) is 103 Å². The summed E-state index contributed by atoms with van der Waals surface area (Å²) in [5.41, 5.74) is 10.0. The molecule has 0 saturated carbocycles. The van der Waals surface area contributed by atoms with Gasteiger partial charge in [0.1, 0.15) is 16.9 Å². The van der Waals surface area contributed by atoms with E-state index in [1.54, 1.807) is 12.1 Å². The molecule has 0 heterocycles. The van der Waals surface area contributed by atoms with Gasteiger partial charge in [0.15, 0.2) is 0 Å². The van der Waals surface area contributed by atoms with Crippen LogP contribution in [-0.2, 0) is 5.41 Å². The van der Waals surface area contributed by atoms with Crippen molar-refractivity contribution in [2.75, 3.05) is 11.5 Å². The van der Waals surface area contributed by atoms with Crippen molar-refractivity contribution in [2.24, 2.45) is 0 Å². The monoisotopic (exact) mass is 434 g/mol. The number of benzene rings is 4. The van der Waals surface area contributed by atoms with E-state index >= 15 is 0 Å². The van der Waals surface area contributed by atoms with Gasteiger partial charge in [0.05, 0.1) is 0 Å². The third-order valence-corrected chi connectivity index (χ3v) is 5.38. The van der Waals surface area contributed by atoms with E-state index in [-0.39, 0.29) is 16.7 Å². The number of hydrogen-bond donors (Lipinski definition) is 2. The molecule has 4 aromatic rings. The van der Waals surface area contributed by atoms with Crippen molar-refractivity contribution in [3.05, 3.63) is 120 Å². The molecule has 32 heavy (non-hydrogen) atoms. The first-order valence-corrected chi connectivity index (χ1v) is 9.93. The van der Waals surface area contributed by atoms with Gasteiger partial charge < -0.3 is 16.2 Å². The lowest BCUT2D eigenvalue weighted by atomic mass is 9.68. The molecule has 0 atom stereocenters. The third kappa shape index (κ3) is 3.87. The highest BCUT2D eigenvalue weighted by Crippen LogP contribution is 2.51. The number of nitrogens with two attached hydrogens (primary N) is 2. The van der Waals surface area contributed by atoms with Crippen LogP contribution in [0.5, 0.6) is 11.5 Å². The summed E-state index contributed by atoms with van der Waals surface area (Å²) in [6.07, 6.45) is -4.65. The van der Waals surface area contributed by atoms with Gasteiger partial charge in [-0.15, -0.1) is 0 Å². The van der Waals surface area contributed by atoms with Crippen LogP contribution in [0.25, 0.3) is 0 Å². The number of rotatable bonds is 5. The van der Waals surface area contributed by atoms with Gasteiger partial charge in [0.25, 0.3) is 0 Å². The van der Waals surface area contributed by atoms with Gasteiger partial charge >= 0.3 is 6.18 Å². The topological polar surface area (TPSA) is 61.3 Å². The highest BCUT2D eigenvalue weighted by atomic mass is 19.4. The number of alkyl halides is 3. The van der Waals surface area contributed by atoms with Crippen LogP contribution < -0.4 is 16.2 Å². The number of hydrogen-bond acceptors (Lipinski definition) is 3. The van der Waals surface area contributed by atoms with Crippen LogP contribution in [0.3, 0.4) is 0 Å². The second kappa shape index (κ2) is 8.30. The Bertz CT molecular complexity index is 1130. The molecule has 4 aromatic carbocycles. The molecule has 6 heteroatoms. The maximum Gasteiger partial charge on any atom is 0.406 e. The lowest BCUT2D eigenvalue weighted by molar-refractivity contribution is -0.166. The molecular formula is C26H21F3N2O. The minimum Gasteiger partial charge on any atom is -0.457 e. The summed E-state index contributed by atoms with van der Waals surface area (Å²) in [7, 11) is 0. The molecule has 3 nitrogen and oxygen atoms in total. The minimum atomic E-state index is -4.65. The van der Waals surface area contributed by atoms with Crippen molar-refractivity contribution in [1.82, 2.24) is 0 Å². The largest absolute Gasteiger partial charge is 0.457 e. The zero-order chi connectivity index (χ0) is 22.8. The Labute approximate surface area is 184 Å². The normalized spacial score (nSPS) is 11.8. The number of para-hydroxylation sites is 1. The Morgan fingerprint density at radius 3 is 1.28 bits per heavy atom. The zero-order valence-corrected chi connectivity index (χ0v) is 17.0. The highest BCUT2D eigenvalue weighted by molar-refractivity contribution is 5.57. The summed E-state index contributed by atoms with van der Waals surface area (Å²) in [6.45, 7) is 0. The average molecular weight is 434 g/mol. The first-order chi connectivity index (χ1) is 15.3. The lowest BCUT2D eigenvalue weighted by Gasteiger charge is -2.37. The lowest BCUT2D eigenvalue weighted by Crippen LogP contribution is -2.44. The molecule has 0 spiro atoms. The van der Waals surface area contributed by atoms with Gasteiger partial charge in [-0.05, 0) is 65.2 Å². The Hall–Kier alpha value is -3.93. The summed E-state index contributed by atoms with van der Waals surface area (Å²) in [4.78, 5) is 0. The molecule has 0 amide bonds. The van der Waals surface area contributed by atoms with Gasteiger partial charge in [0.2, 0.25) is 0 Å². The molecule has 0 aliphatic rings. The molecule has 0 saturated heterocycles. The molecule has 0 bridgehead atoms. The Morgan fingerprint density at radius 2 is 0.875 bits per heavy atom. The maximum absolute atomic E-state index is 15.0. The van der Waals surface area contributed by atoms with Crippen LogP contribution in [0.2, 0.25) is 0 Å². The van der Waals surface area contributed by atoms with E-state index in [4.69, 9.17) is 16.2 Å². The van der Waals surface area contributed by atoms with Gasteiger partial charge in [-0.25, -0.2) is 0 Å². The molecule has 4 rings (SSSR count). The van der Waals surface area contributed by atoms with Crippen molar-refractivity contribution in [1.29, 1.82) is 0 Å². The number of ether oxygens (including phenoxy) is 1. The molecular weight excluding hydrogens is 413 g/mol. The van der Waals surface area contributed by atoms with Crippen LogP contribution in [0.1, 0.15) is 16.7 Å². The second-order valence-corrected chi connectivity index (χ2v) is 7.43. The van der Waals surface area contributed by atoms with Crippen LogP contribution in [0.4, 0.5) is 24.5 Å². The Morgan fingerprint density at radius 1 is 0.500 bits per heavy atom. The summed E-state index contributed by atoms with van der Waals surface area (Å²) in [5, 5.41) is 0. The standard InChI is InChI=1S/C26H21F3N2O/c27-26(28,29)25(18-6-12-21(30)13-7-18,19-8-14-22(31)15-9-19)20-10-16-24(17-11-20)32-23-4-2-1-3-5-23/h1-17H,30-31H2. The maximum atomic E-state index is 15.0. The van der Waals surface area contributed by atoms with Crippen molar-refractivity contribution < 1.29 is 17.9 Å². The van der Waals surface area contributed by atoms with Gasteiger partial charge in [-0.1, -0.05) is 54.6 Å². The first-order valence-electron chi connectivity index (χ1n) is 9.93. The van der Waals surface area contributed by atoms with Gasteiger partial charge in [-0.2, -0.15) is 13.2 Å². The predicted molar refractivity (Wildman–Crippen MR) is 121 cm³/mol. The van der Waals surface area contributed by atoms with Crippen molar-refractivity contribution in [3.8, 4) is 11.5 Å². The van der Waals surface area contributed by atoms with Crippen LogP contribution >= 0.6 is 0 Å². The predicted octanol–water partition coefficient (Wildman–Crippen LogP) is 6.54. The first kappa shape index (κ1) is 21.3. The zero-order valence-electron chi connectivity index (χ0n) is 17.0. The second-order valence-electron chi connectivity index (χ2n) is 7.43. The van der Waals surface area contributed by atoms with Crippen molar-refractivity contribution in [3.63, 3.8) is 0 Å². The molecule has 4 N–H and O–H groups in total. The molecule has 0 unspecified atom stereocenters. The van der Waals surface area contributed by atoms with Gasteiger partial charge in [0, 0.05) is 11.4 Å². The highest BCUT2D eigenvalue weighted by Gasteiger charge is 2.58. The molecule has 0 aliphatic heterocycles. The fraction of sp³-hybridized carbons (Fsp3) is 0.0769. The van der Waals surface area contributed by atoms with E-state index in [0.717, 1.165) is 0 Å². The van der Waals surface area contributed by atoms with E-state index < -0.39 is 11.6 Å². The molecule has 0 fully saturated rings. The van der Waals surface area contributed by atoms with Gasteiger partial charge in [-0.3, -0.25) is 0 Å². The fourth-order valence-electron chi connectivity index (χ4n) is 3.85. The molecule has 0 radical (unpaired) electrons. The van der Waals surface area contributed by atoms with E-state index in [2.05, 4.69) is 0 Å². The summed E-state index contributed by atoms with van der Waals surface area (Å²) < 4.78 is 50.7. The molecule has 0 aromatic heterocycles. The summed E-state index contributed by atoms with van der Waals surface area (Å²) in [6, 6.07) is 26.5. The number of nitrogen functional groups attached to an aromatic ring is 2. The van der Waals surface area contributed by atoms with Crippen LogP contribution in [-0.4, -0.2) is 6.18 Å². The van der Waals surface area contributed by atoms with Crippen molar-refractivity contribution in [2.45, 2.75) is 11.6 Å². The number of anilines is 2. The fourth-order valence-corrected chi connectivity index (χ4v) is 3.85. The van der Waals surface area contributed by atoms with Crippen LogP contribution in [0, 0.1) is 0 Å². The summed E-state index contributed by atoms with van der Waals surface area (Å²) >= 11 is 0. The van der Waals surface area contributed by atoms with E-state index in [1.807, 2.05) is 18.2 Å². The minimum absolute atomic E-state index is 0.0555. The van der Waals surface area contributed by atoms with E-state index in [0.29, 0.717) is 22.9 Å².